The number of ether oxygens (including phenoxy) is 1. The van der Waals surface area contributed by atoms with Crippen LogP contribution in [0.15, 0.2) is 28.1 Å². The van der Waals surface area contributed by atoms with Crippen LogP contribution in [0.3, 0.4) is 0 Å². The molecule has 0 bridgehead atoms. The minimum atomic E-state index is -0.779. The van der Waals surface area contributed by atoms with Gasteiger partial charge in [0.2, 0.25) is 0 Å². The smallest absolute Gasteiger partial charge is 0.368 e. The van der Waals surface area contributed by atoms with Gasteiger partial charge in [-0.05, 0) is 32.9 Å². The fraction of sp³-hybridized carbons (Fsp3) is 0.500. The summed E-state index contributed by atoms with van der Waals surface area (Å²) in [5.74, 6) is 0.0652. The number of benzene rings is 1. The second kappa shape index (κ2) is 6.98. The van der Waals surface area contributed by atoms with E-state index in [0.29, 0.717) is 6.54 Å². The summed E-state index contributed by atoms with van der Waals surface area (Å²) in [6, 6.07) is 0.421. The molecule has 1 aliphatic rings. The standard InChI is InChI=1S/C14H19N3O3.ClH/c1-14(2,3)15-7-9(18)8-20-11-6-4-5-10-12(11)17-13(19)16-10;/h4-6,9,15,18H,7-8H2,1-3H3;1H/i5T,6T;. The van der Waals surface area contributed by atoms with Crippen molar-refractivity contribution in [1.82, 2.24) is 5.32 Å². The number of halogens is 1. The number of rotatable bonds is 5. The first kappa shape index (κ1) is 14.4. The van der Waals surface area contributed by atoms with Gasteiger partial charge in [0.15, 0.2) is 0 Å². The number of aliphatic hydroxyl groups is 1. The van der Waals surface area contributed by atoms with Gasteiger partial charge in [0.05, 0.1) is 8.10 Å². The largest absolute Gasteiger partial charge is 0.488 e. The van der Waals surface area contributed by atoms with Crippen LogP contribution in [0.2, 0.25) is 0 Å². The van der Waals surface area contributed by atoms with Gasteiger partial charge in [-0.2, -0.15) is 9.98 Å². The first-order valence-electron chi connectivity index (χ1n) is 7.35. The molecule has 21 heavy (non-hydrogen) atoms. The normalized spacial score (nSPS) is 15.9. The first-order valence-corrected chi connectivity index (χ1v) is 6.35. The SMILES string of the molecule is Cl.[3H]c1cc([3H])c2c(c1OCC(O)CNC(C)(C)C)=NC(=O)N=2. The van der Waals surface area contributed by atoms with E-state index < -0.39 is 12.1 Å². The lowest BCUT2D eigenvalue weighted by Gasteiger charge is -2.22. The quantitative estimate of drug-likeness (QED) is 0.833. The number of aliphatic hydroxyl groups excluding tert-OH is 1. The van der Waals surface area contributed by atoms with E-state index in [2.05, 4.69) is 15.3 Å². The summed E-state index contributed by atoms with van der Waals surface area (Å²) in [6.07, 6.45) is -0.779. The maximum Gasteiger partial charge on any atom is 0.368 e. The maximum atomic E-state index is 11.3. The molecule has 1 aromatic rings. The van der Waals surface area contributed by atoms with Crippen molar-refractivity contribution in [2.75, 3.05) is 13.2 Å². The van der Waals surface area contributed by atoms with Crippen LogP contribution in [-0.4, -0.2) is 35.9 Å². The molecule has 2 amide bonds. The van der Waals surface area contributed by atoms with Crippen LogP contribution in [0.1, 0.15) is 23.5 Å². The van der Waals surface area contributed by atoms with E-state index in [0.717, 1.165) is 0 Å². The molecule has 0 fully saturated rings. The van der Waals surface area contributed by atoms with Crippen molar-refractivity contribution in [1.29, 1.82) is 0 Å². The van der Waals surface area contributed by atoms with E-state index in [1.165, 1.54) is 6.07 Å². The number of fused-ring (bicyclic) bond motifs is 1. The number of hydrogen-bond donors (Lipinski definition) is 2. The predicted molar refractivity (Wildman–Crippen MR) is 80.7 cm³/mol. The molecule has 0 saturated carbocycles. The number of nitrogens with zero attached hydrogens (tertiary/aromatic N) is 2. The number of amides is 2. The van der Waals surface area contributed by atoms with Gasteiger partial charge in [-0.1, -0.05) is 6.07 Å². The molecule has 1 heterocycles. The third-order valence-corrected chi connectivity index (χ3v) is 2.55. The molecule has 1 atom stereocenters. The zero-order chi connectivity index (χ0) is 16.5. The van der Waals surface area contributed by atoms with Crippen molar-refractivity contribution < 1.29 is 17.4 Å². The lowest BCUT2D eigenvalue weighted by Crippen LogP contribution is -2.42. The summed E-state index contributed by atoms with van der Waals surface area (Å²) in [7, 11) is 0. The van der Waals surface area contributed by atoms with Crippen LogP contribution in [0.5, 0.6) is 5.75 Å². The Morgan fingerprint density at radius 1 is 1.43 bits per heavy atom. The van der Waals surface area contributed by atoms with E-state index in [4.69, 9.17) is 7.48 Å². The van der Waals surface area contributed by atoms with E-state index >= 15 is 0 Å². The lowest BCUT2D eigenvalue weighted by atomic mass is 10.1. The number of carbonyl (C=O) groups excluding carboxylic acids is 1. The van der Waals surface area contributed by atoms with Crippen molar-refractivity contribution in [2.24, 2.45) is 9.98 Å². The molecule has 2 rings (SSSR count). The Kier molecular flexibility index (Phi) is 4.80. The van der Waals surface area contributed by atoms with Gasteiger partial charge < -0.3 is 15.2 Å². The number of para-hydroxylation sites is 1. The zero-order valence-electron chi connectivity index (χ0n) is 14.1. The Morgan fingerprint density at radius 2 is 2.14 bits per heavy atom. The Labute approximate surface area is 132 Å². The predicted octanol–water partition coefficient (Wildman–Crippen LogP) is 0.609. The summed E-state index contributed by atoms with van der Waals surface area (Å²) < 4.78 is 21.0. The van der Waals surface area contributed by atoms with E-state index in [-0.39, 0.29) is 53.1 Å². The van der Waals surface area contributed by atoms with E-state index in [1.54, 1.807) is 0 Å². The summed E-state index contributed by atoms with van der Waals surface area (Å²) in [4.78, 5) is 18.6. The van der Waals surface area contributed by atoms with Crippen LogP contribution >= 0.6 is 12.4 Å². The van der Waals surface area contributed by atoms with Crippen molar-refractivity contribution in [3.8, 4) is 5.75 Å². The number of hydrogen-bond acceptors (Lipinski definition) is 4. The molecule has 1 aromatic carbocycles. The summed E-state index contributed by atoms with van der Waals surface area (Å²) in [5.41, 5.74) is -0.129. The molecule has 0 saturated heterocycles. The highest BCUT2D eigenvalue weighted by Gasteiger charge is 2.14. The molecule has 6 nitrogen and oxygen atoms in total. The minimum Gasteiger partial charge on any atom is -0.488 e. The molecular formula is C14H20ClN3O3. The summed E-state index contributed by atoms with van der Waals surface area (Å²) >= 11 is 0. The second-order valence-corrected chi connectivity index (χ2v) is 5.56. The second-order valence-electron chi connectivity index (χ2n) is 5.56. The van der Waals surface area contributed by atoms with Crippen LogP contribution < -0.4 is 20.8 Å². The van der Waals surface area contributed by atoms with Crippen molar-refractivity contribution >= 4 is 18.4 Å². The molecule has 0 spiro atoms. The third kappa shape index (κ3) is 5.08. The van der Waals surface area contributed by atoms with Crippen molar-refractivity contribution in [3.05, 3.63) is 28.9 Å². The Hall–Kier alpha value is -1.50. The van der Waals surface area contributed by atoms with Gasteiger partial charge in [-0.25, -0.2) is 4.79 Å². The molecule has 2 N–H and O–H groups in total. The molecule has 1 unspecified atom stereocenters. The number of β-amino-alcohol motifs (C(OH)–C–C–N with tert-alkyl or cyclic N) is 1. The fourth-order valence-electron chi connectivity index (χ4n) is 1.59. The summed E-state index contributed by atoms with van der Waals surface area (Å²) in [6.45, 7) is 6.22. The van der Waals surface area contributed by atoms with Crippen LogP contribution in [0.4, 0.5) is 4.79 Å². The maximum absolute atomic E-state index is 11.3. The highest BCUT2D eigenvalue weighted by Crippen LogP contribution is 2.04. The number of nitrogens with one attached hydrogen (secondary N) is 1. The van der Waals surface area contributed by atoms with Crippen LogP contribution in [-0.2, 0) is 0 Å². The fourth-order valence-corrected chi connectivity index (χ4v) is 1.59. The van der Waals surface area contributed by atoms with E-state index in [1.807, 2.05) is 20.8 Å². The molecular weight excluding hydrogens is 294 g/mol. The Balaban J connectivity index is 0.00000264. The highest BCUT2D eigenvalue weighted by atomic mass is 35.5. The zero-order valence-corrected chi connectivity index (χ0v) is 13.0. The Bertz CT molecular complexity index is 719. The van der Waals surface area contributed by atoms with Gasteiger partial charge >= 0.3 is 6.03 Å². The summed E-state index contributed by atoms with van der Waals surface area (Å²) in [5, 5.41) is 13.3. The van der Waals surface area contributed by atoms with E-state index in [9.17, 15) is 9.90 Å². The average molecular weight is 318 g/mol. The van der Waals surface area contributed by atoms with Gasteiger partial charge in [0.25, 0.3) is 0 Å². The molecule has 0 aromatic heterocycles. The van der Waals surface area contributed by atoms with Crippen LogP contribution in [0.25, 0.3) is 0 Å². The minimum absolute atomic E-state index is 0. The van der Waals surface area contributed by atoms with Gasteiger partial charge in [-0.15, -0.1) is 12.4 Å². The third-order valence-electron chi connectivity index (χ3n) is 2.55. The monoisotopic (exact) mass is 317 g/mol. The molecule has 1 aliphatic heterocycles. The molecule has 0 radical (unpaired) electrons. The van der Waals surface area contributed by atoms with Gasteiger partial charge in [-0.3, -0.25) is 0 Å². The lowest BCUT2D eigenvalue weighted by molar-refractivity contribution is 0.0994. The Morgan fingerprint density at radius 3 is 2.81 bits per heavy atom. The van der Waals surface area contributed by atoms with Gasteiger partial charge in [0, 0.05) is 12.1 Å². The van der Waals surface area contributed by atoms with Crippen molar-refractivity contribution in [2.45, 2.75) is 32.4 Å². The first-order chi connectivity index (χ1) is 10.2. The van der Waals surface area contributed by atoms with Crippen molar-refractivity contribution in [3.63, 3.8) is 0 Å². The molecule has 7 heteroatoms. The topological polar surface area (TPSA) is 83.3 Å². The number of urea groups is 1. The average Bonchev–Trinajstić information content (AvgIpc) is 2.77. The number of carbonyl (C=O) groups is 1. The van der Waals surface area contributed by atoms with Crippen LogP contribution in [0, 0.1) is 0 Å². The molecule has 116 valence electrons. The molecule has 0 aliphatic carbocycles. The highest BCUT2D eigenvalue weighted by molar-refractivity contribution is 5.85. The van der Waals surface area contributed by atoms with Gasteiger partial charge in [0.1, 0.15) is 23.8 Å².